The lowest BCUT2D eigenvalue weighted by Crippen LogP contribution is -2.42. The van der Waals surface area contributed by atoms with Gasteiger partial charge in [0.25, 0.3) is 0 Å². The average molecular weight is 395 g/mol. The van der Waals surface area contributed by atoms with Gasteiger partial charge in [-0.3, -0.25) is 4.79 Å². The number of fused-ring (bicyclic) bond motifs is 1. The quantitative estimate of drug-likeness (QED) is 0.318. The number of allylic oxidation sites excluding steroid dienone is 2. The van der Waals surface area contributed by atoms with E-state index >= 15 is 0 Å². The van der Waals surface area contributed by atoms with E-state index in [2.05, 4.69) is 12.2 Å². The number of ether oxygens (including phenoxy) is 4. The van der Waals surface area contributed by atoms with Gasteiger partial charge in [0.15, 0.2) is 6.29 Å². The predicted octanol–water partition coefficient (Wildman–Crippen LogP) is 3.92. The lowest BCUT2D eigenvalue weighted by Gasteiger charge is -2.25. The zero-order valence-corrected chi connectivity index (χ0v) is 17.0. The number of carbonyl (C=O) groups excluding carboxylic acids is 2. The van der Waals surface area contributed by atoms with Crippen LogP contribution < -0.4 is 0 Å². The van der Waals surface area contributed by atoms with Gasteiger partial charge in [0, 0.05) is 19.1 Å². The molecule has 2 aliphatic heterocycles. The third-order valence-corrected chi connectivity index (χ3v) is 6.27. The molecule has 3 rings (SSSR count). The molecule has 0 aromatic rings. The maximum atomic E-state index is 12.2. The molecule has 1 saturated carbocycles. The average Bonchev–Trinajstić information content (AvgIpc) is 3.22. The van der Waals surface area contributed by atoms with Crippen LogP contribution in [0, 0.1) is 11.8 Å². The molecule has 2 saturated heterocycles. The summed E-state index contributed by atoms with van der Waals surface area (Å²) in [6, 6.07) is 0. The van der Waals surface area contributed by atoms with E-state index in [4.69, 9.17) is 18.9 Å². The Balaban J connectivity index is 1.29. The molecule has 0 spiro atoms. The number of carbonyl (C=O) groups is 2. The van der Waals surface area contributed by atoms with Crippen LogP contribution in [-0.2, 0) is 28.5 Å². The van der Waals surface area contributed by atoms with Gasteiger partial charge in [-0.2, -0.15) is 0 Å². The Hall–Kier alpha value is -1.40. The van der Waals surface area contributed by atoms with E-state index in [1.54, 1.807) is 0 Å². The predicted molar refractivity (Wildman–Crippen MR) is 103 cm³/mol. The van der Waals surface area contributed by atoms with Crippen molar-refractivity contribution < 1.29 is 28.5 Å². The van der Waals surface area contributed by atoms with Gasteiger partial charge in [0.2, 0.25) is 5.60 Å². The summed E-state index contributed by atoms with van der Waals surface area (Å²) in [6.45, 7) is 1.62. The van der Waals surface area contributed by atoms with Crippen molar-refractivity contribution in [1.82, 2.24) is 0 Å². The molecule has 3 fully saturated rings. The monoisotopic (exact) mass is 394 g/mol. The van der Waals surface area contributed by atoms with Gasteiger partial charge >= 0.3 is 11.9 Å². The Morgan fingerprint density at radius 2 is 2.07 bits per heavy atom. The van der Waals surface area contributed by atoms with Crippen molar-refractivity contribution in [2.75, 3.05) is 20.3 Å². The Kier molecular flexibility index (Phi) is 7.91. The van der Waals surface area contributed by atoms with Gasteiger partial charge in [-0.05, 0) is 57.3 Å². The summed E-state index contributed by atoms with van der Waals surface area (Å²) in [7, 11) is 1.36. The first-order chi connectivity index (χ1) is 13.7. The van der Waals surface area contributed by atoms with E-state index in [9.17, 15) is 9.59 Å². The van der Waals surface area contributed by atoms with Crippen LogP contribution in [0.25, 0.3) is 0 Å². The Labute approximate surface area is 167 Å². The maximum Gasteiger partial charge on any atom is 0.350 e. The molecule has 0 aromatic carbocycles. The molecule has 6 heteroatoms. The van der Waals surface area contributed by atoms with Crippen LogP contribution in [0.1, 0.15) is 70.6 Å². The van der Waals surface area contributed by atoms with Crippen LogP contribution in [0.2, 0.25) is 0 Å². The summed E-state index contributed by atoms with van der Waals surface area (Å²) >= 11 is 0. The fourth-order valence-electron chi connectivity index (χ4n) is 4.73. The summed E-state index contributed by atoms with van der Waals surface area (Å²) < 4.78 is 21.6. The Morgan fingerprint density at radius 3 is 2.86 bits per heavy atom. The lowest BCUT2D eigenvalue weighted by atomic mass is 9.85. The summed E-state index contributed by atoms with van der Waals surface area (Å²) in [6.07, 6.45) is 15.1. The standard InChI is InChI=1S/C22H34O6/c1-25-21(24)22-13-12-17(18(22)16-19(23)28-22)10-6-4-2-3-5-8-14-26-20-11-7-9-15-27-20/h6,10,17-18,20H,2-5,7-9,11-16H2,1H3/t17-,18+,20?,22+/m0/s1. The van der Waals surface area contributed by atoms with Crippen LogP contribution in [0.3, 0.4) is 0 Å². The van der Waals surface area contributed by atoms with Crippen LogP contribution >= 0.6 is 0 Å². The van der Waals surface area contributed by atoms with Crippen molar-refractivity contribution in [3.63, 3.8) is 0 Å². The van der Waals surface area contributed by atoms with Crippen molar-refractivity contribution in [2.45, 2.75) is 82.5 Å². The molecule has 6 nitrogen and oxygen atoms in total. The molecule has 28 heavy (non-hydrogen) atoms. The minimum atomic E-state index is -1.04. The number of rotatable bonds is 10. The Bertz CT molecular complexity index is 553. The van der Waals surface area contributed by atoms with E-state index in [0.717, 1.165) is 51.7 Å². The normalized spacial score (nSPS) is 32.5. The summed E-state index contributed by atoms with van der Waals surface area (Å²) in [4.78, 5) is 23.9. The van der Waals surface area contributed by atoms with E-state index in [1.807, 2.05) is 0 Å². The van der Waals surface area contributed by atoms with E-state index in [-0.39, 0.29) is 24.1 Å². The Morgan fingerprint density at radius 1 is 1.21 bits per heavy atom. The highest BCUT2D eigenvalue weighted by atomic mass is 16.7. The second-order valence-corrected chi connectivity index (χ2v) is 8.17. The number of hydrogen-bond acceptors (Lipinski definition) is 6. The number of esters is 2. The van der Waals surface area contributed by atoms with E-state index in [1.165, 1.54) is 26.4 Å². The molecule has 1 unspecified atom stereocenters. The zero-order valence-electron chi connectivity index (χ0n) is 17.0. The van der Waals surface area contributed by atoms with Crippen molar-refractivity contribution in [3.05, 3.63) is 12.2 Å². The second kappa shape index (κ2) is 10.4. The molecule has 2 heterocycles. The summed E-state index contributed by atoms with van der Waals surface area (Å²) in [5, 5.41) is 0. The first-order valence-electron chi connectivity index (χ1n) is 10.9. The molecule has 0 bridgehead atoms. The highest BCUT2D eigenvalue weighted by Crippen LogP contribution is 2.50. The third kappa shape index (κ3) is 5.15. The third-order valence-electron chi connectivity index (χ3n) is 6.27. The van der Waals surface area contributed by atoms with Gasteiger partial charge in [0.05, 0.1) is 13.5 Å². The van der Waals surface area contributed by atoms with Crippen LogP contribution in [0.4, 0.5) is 0 Å². The van der Waals surface area contributed by atoms with Gasteiger partial charge in [-0.25, -0.2) is 4.79 Å². The minimum absolute atomic E-state index is 0.0200. The topological polar surface area (TPSA) is 71.1 Å². The van der Waals surface area contributed by atoms with Gasteiger partial charge in [0.1, 0.15) is 0 Å². The largest absolute Gasteiger partial charge is 0.466 e. The lowest BCUT2D eigenvalue weighted by molar-refractivity contribution is -0.173. The molecular formula is C22H34O6. The zero-order chi connectivity index (χ0) is 19.8. The molecule has 4 atom stereocenters. The molecule has 0 amide bonds. The molecular weight excluding hydrogens is 360 g/mol. The van der Waals surface area contributed by atoms with E-state index in [0.29, 0.717) is 12.8 Å². The number of unbranched alkanes of at least 4 members (excludes halogenated alkanes) is 4. The van der Waals surface area contributed by atoms with Crippen LogP contribution in [0.15, 0.2) is 12.2 Å². The molecule has 1 aliphatic carbocycles. The second-order valence-electron chi connectivity index (χ2n) is 8.17. The first-order valence-corrected chi connectivity index (χ1v) is 10.9. The molecule has 0 radical (unpaired) electrons. The molecule has 158 valence electrons. The van der Waals surface area contributed by atoms with Crippen molar-refractivity contribution in [1.29, 1.82) is 0 Å². The number of hydrogen-bond donors (Lipinski definition) is 0. The fourth-order valence-corrected chi connectivity index (χ4v) is 4.73. The molecule has 3 aliphatic rings. The van der Waals surface area contributed by atoms with Gasteiger partial charge in [-0.15, -0.1) is 0 Å². The van der Waals surface area contributed by atoms with Crippen molar-refractivity contribution in [3.8, 4) is 0 Å². The molecule has 0 N–H and O–H groups in total. The summed E-state index contributed by atoms with van der Waals surface area (Å²) in [5.74, 6) is -0.549. The SMILES string of the molecule is COC(=O)[C@@]12CC[C@H](C=CCCCCCCOC3CCCCO3)[C@H]1CC(=O)O2. The van der Waals surface area contributed by atoms with Crippen molar-refractivity contribution >= 4 is 11.9 Å². The van der Waals surface area contributed by atoms with Crippen LogP contribution in [-0.4, -0.2) is 44.2 Å². The number of methoxy groups -OCH3 is 1. The summed E-state index contributed by atoms with van der Waals surface area (Å²) in [5.41, 5.74) is -1.04. The van der Waals surface area contributed by atoms with Gasteiger partial charge in [-0.1, -0.05) is 25.0 Å². The van der Waals surface area contributed by atoms with Gasteiger partial charge < -0.3 is 18.9 Å². The fraction of sp³-hybridized carbons (Fsp3) is 0.818. The molecule has 0 aromatic heterocycles. The van der Waals surface area contributed by atoms with E-state index < -0.39 is 11.6 Å². The first kappa shape index (κ1) is 21.3. The highest BCUT2D eigenvalue weighted by molar-refractivity contribution is 5.88. The van der Waals surface area contributed by atoms with Crippen molar-refractivity contribution in [2.24, 2.45) is 11.8 Å². The maximum absolute atomic E-state index is 12.2. The smallest absolute Gasteiger partial charge is 0.350 e. The van der Waals surface area contributed by atoms with Crippen LogP contribution in [0.5, 0.6) is 0 Å². The minimum Gasteiger partial charge on any atom is -0.466 e. The highest BCUT2D eigenvalue weighted by Gasteiger charge is 2.61.